The van der Waals surface area contributed by atoms with Gasteiger partial charge in [-0.1, -0.05) is 12.1 Å². The van der Waals surface area contributed by atoms with Gasteiger partial charge in [-0.15, -0.1) is 0 Å². The summed E-state index contributed by atoms with van der Waals surface area (Å²) in [5.74, 6) is 0.869. The Morgan fingerprint density at radius 1 is 1.03 bits per heavy atom. The molecule has 30 heavy (non-hydrogen) atoms. The highest BCUT2D eigenvalue weighted by Crippen LogP contribution is 2.32. The zero-order valence-electron chi connectivity index (χ0n) is 17.0. The third-order valence-electron chi connectivity index (χ3n) is 5.06. The molecule has 0 atom stereocenters. The second-order valence-corrected chi connectivity index (χ2v) is 7.16. The predicted molar refractivity (Wildman–Crippen MR) is 112 cm³/mol. The molecule has 2 N–H and O–H groups in total. The molecular weight excluding hydrogens is 384 g/mol. The van der Waals surface area contributed by atoms with Crippen molar-refractivity contribution in [3.63, 3.8) is 0 Å². The van der Waals surface area contributed by atoms with E-state index in [2.05, 4.69) is 15.7 Å². The maximum Gasteiger partial charge on any atom is 0.255 e. The van der Waals surface area contributed by atoms with Crippen molar-refractivity contribution in [1.29, 1.82) is 0 Å². The normalized spacial score (nSPS) is 12.0. The number of hydrogen-bond donors (Lipinski definition) is 2. The molecule has 0 radical (unpaired) electrons. The lowest BCUT2D eigenvalue weighted by Crippen LogP contribution is -2.17. The van der Waals surface area contributed by atoms with Crippen LogP contribution < -0.4 is 20.1 Å². The van der Waals surface area contributed by atoms with Crippen molar-refractivity contribution in [2.75, 3.05) is 17.4 Å². The summed E-state index contributed by atoms with van der Waals surface area (Å²) < 4.78 is 12.3. The molecule has 154 valence electrons. The van der Waals surface area contributed by atoms with Gasteiger partial charge in [-0.25, -0.2) is 0 Å². The monoisotopic (exact) mass is 406 g/mol. The number of nitrogens with zero attached hydrogens (tertiary/aromatic N) is 2. The minimum Gasteiger partial charge on any atom is -0.454 e. The average Bonchev–Trinajstić information content (AvgIpc) is 3.31. The number of hydrogen-bond acceptors (Lipinski definition) is 5. The third-order valence-corrected chi connectivity index (χ3v) is 5.06. The van der Waals surface area contributed by atoms with Crippen LogP contribution in [0.4, 0.5) is 11.4 Å². The van der Waals surface area contributed by atoms with Crippen LogP contribution in [0.3, 0.4) is 0 Å². The van der Waals surface area contributed by atoms with E-state index in [0.717, 1.165) is 16.8 Å². The van der Waals surface area contributed by atoms with Gasteiger partial charge in [-0.05, 0) is 49.2 Å². The maximum atomic E-state index is 12.6. The topological polar surface area (TPSA) is 94.5 Å². The molecule has 0 saturated carbocycles. The van der Waals surface area contributed by atoms with Gasteiger partial charge in [0.1, 0.15) is 0 Å². The highest BCUT2D eigenvalue weighted by molar-refractivity contribution is 6.05. The first-order chi connectivity index (χ1) is 14.4. The molecule has 0 fully saturated rings. The van der Waals surface area contributed by atoms with E-state index in [1.807, 2.05) is 27.0 Å². The Hall–Kier alpha value is -3.81. The van der Waals surface area contributed by atoms with Crippen molar-refractivity contribution in [2.24, 2.45) is 7.05 Å². The Bertz CT molecular complexity index is 1140. The number of aromatic nitrogens is 2. The van der Waals surface area contributed by atoms with Gasteiger partial charge in [0.05, 0.1) is 24.0 Å². The molecule has 0 spiro atoms. The van der Waals surface area contributed by atoms with E-state index < -0.39 is 0 Å². The molecule has 2 aromatic carbocycles. The largest absolute Gasteiger partial charge is 0.454 e. The minimum atomic E-state index is -0.266. The van der Waals surface area contributed by atoms with Crippen LogP contribution in [0.5, 0.6) is 11.5 Å². The van der Waals surface area contributed by atoms with Gasteiger partial charge in [0, 0.05) is 18.3 Å². The van der Waals surface area contributed by atoms with Crippen molar-refractivity contribution in [3.05, 3.63) is 65.0 Å². The van der Waals surface area contributed by atoms with Crippen molar-refractivity contribution < 1.29 is 19.1 Å². The molecule has 8 nitrogen and oxygen atoms in total. The predicted octanol–water partition coefficient (Wildman–Crippen LogP) is 3.20. The number of fused-ring (bicyclic) bond motifs is 1. The summed E-state index contributed by atoms with van der Waals surface area (Å²) in [4.78, 5) is 25.2. The Morgan fingerprint density at radius 3 is 2.60 bits per heavy atom. The Kier molecular flexibility index (Phi) is 5.14. The molecular formula is C22H22N4O4. The lowest BCUT2D eigenvalue weighted by atomic mass is 10.1. The molecule has 1 aliphatic heterocycles. The molecule has 0 saturated heterocycles. The maximum absolute atomic E-state index is 12.6. The summed E-state index contributed by atoms with van der Waals surface area (Å²) in [6, 6.07) is 10.6. The standard InChI is InChI=1S/C22H22N4O4/c1-13-4-6-16(22(28)25-18-11-23-26(3)14(18)2)10-17(13)24-21(27)9-15-5-7-19-20(8-15)30-12-29-19/h4-8,10-11H,9,12H2,1-3H3,(H,24,27)(H,25,28). The number of ether oxygens (including phenoxy) is 2. The van der Waals surface area contributed by atoms with Gasteiger partial charge < -0.3 is 20.1 Å². The van der Waals surface area contributed by atoms with Gasteiger partial charge in [-0.3, -0.25) is 14.3 Å². The fourth-order valence-electron chi connectivity index (χ4n) is 3.14. The summed E-state index contributed by atoms with van der Waals surface area (Å²) in [6.07, 6.45) is 1.79. The van der Waals surface area contributed by atoms with E-state index in [1.165, 1.54) is 0 Å². The molecule has 0 aliphatic carbocycles. The molecule has 3 aromatic rings. The summed E-state index contributed by atoms with van der Waals surface area (Å²) in [5, 5.41) is 9.87. The summed E-state index contributed by atoms with van der Waals surface area (Å²) in [6.45, 7) is 3.94. The summed E-state index contributed by atoms with van der Waals surface area (Å²) in [5.41, 5.74) is 4.22. The quantitative estimate of drug-likeness (QED) is 0.679. The Morgan fingerprint density at radius 2 is 1.83 bits per heavy atom. The van der Waals surface area contributed by atoms with Crippen molar-refractivity contribution >= 4 is 23.2 Å². The van der Waals surface area contributed by atoms with Crippen molar-refractivity contribution in [3.8, 4) is 11.5 Å². The molecule has 2 heterocycles. The van der Waals surface area contributed by atoms with E-state index in [9.17, 15) is 9.59 Å². The van der Waals surface area contributed by atoms with Crippen LogP contribution in [-0.2, 0) is 18.3 Å². The number of aryl methyl sites for hydroxylation is 2. The van der Waals surface area contributed by atoms with Crippen LogP contribution >= 0.6 is 0 Å². The highest BCUT2D eigenvalue weighted by atomic mass is 16.7. The van der Waals surface area contributed by atoms with E-state index in [0.29, 0.717) is 28.4 Å². The third kappa shape index (κ3) is 3.98. The molecule has 8 heteroatoms. The van der Waals surface area contributed by atoms with E-state index in [1.54, 1.807) is 41.2 Å². The molecule has 0 bridgehead atoms. The second kappa shape index (κ2) is 7.90. The molecule has 4 rings (SSSR count). The van der Waals surface area contributed by atoms with Gasteiger partial charge in [0.2, 0.25) is 12.7 Å². The smallest absolute Gasteiger partial charge is 0.255 e. The number of nitrogens with one attached hydrogen (secondary N) is 2. The lowest BCUT2D eigenvalue weighted by Gasteiger charge is -2.11. The number of rotatable bonds is 5. The van der Waals surface area contributed by atoms with Gasteiger partial charge in [0.15, 0.2) is 11.5 Å². The van der Waals surface area contributed by atoms with Crippen LogP contribution in [-0.4, -0.2) is 28.4 Å². The SMILES string of the molecule is Cc1ccc(C(=O)Nc2cnn(C)c2C)cc1NC(=O)Cc1ccc2c(c1)OCO2. The molecule has 0 unspecified atom stereocenters. The van der Waals surface area contributed by atoms with E-state index >= 15 is 0 Å². The zero-order valence-corrected chi connectivity index (χ0v) is 17.0. The number of benzene rings is 2. The molecule has 2 amide bonds. The van der Waals surface area contributed by atoms with Crippen molar-refractivity contribution in [2.45, 2.75) is 20.3 Å². The fourth-order valence-corrected chi connectivity index (χ4v) is 3.14. The first-order valence-corrected chi connectivity index (χ1v) is 9.49. The fraction of sp³-hybridized carbons (Fsp3) is 0.227. The second-order valence-electron chi connectivity index (χ2n) is 7.16. The van der Waals surface area contributed by atoms with E-state index in [4.69, 9.17) is 9.47 Å². The van der Waals surface area contributed by atoms with Crippen LogP contribution in [0.2, 0.25) is 0 Å². The van der Waals surface area contributed by atoms with Crippen LogP contribution in [0.1, 0.15) is 27.2 Å². The van der Waals surface area contributed by atoms with Crippen LogP contribution in [0.25, 0.3) is 0 Å². The van der Waals surface area contributed by atoms with Crippen molar-refractivity contribution in [1.82, 2.24) is 9.78 Å². The number of carbonyl (C=O) groups is 2. The highest BCUT2D eigenvalue weighted by Gasteiger charge is 2.16. The number of amides is 2. The van der Waals surface area contributed by atoms with Crippen LogP contribution in [0, 0.1) is 13.8 Å². The molecule has 1 aliphatic rings. The van der Waals surface area contributed by atoms with Gasteiger partial charge >= 0.3 is 0 Å². The summed E-state index contributed by atoms with van der Waals surface area (Å²) >= 11 is 0. The first kappa shape index (κ1) is 19.5. The Labute approximate surface area is 173 Å². The summed E-state index contributed by atoms with van der Waals surface area (Å²) in [7, 11) is 1.81. The number of carbonyl (C=O) groups excluding carboxylic acids is 2. The first-order valence-electron chi connectivity index (χ1n) is 9.49. The minimum absolute atomic E-state index is 0.182. The number of anilines is 2. The van der Waals surface area contributed by atoms with Crippen LogP contribution in [0.15, 0.2) is 42.6 Å². The molecule has 1 aromatic heterocycles. The average molecular weight is 406 g/mol. The Balaban J connectivity index is 1.45. The van der Waals surface area contributed by atoms with Gasteiger partial charge in [0.25, 0.3) is 5.91 Å². The van der Waals surface area contributed by atoms with Gasteiger partial charge in [-0.2, -0.15) is 5.10 Å². The van der Waals surface area contributed by atoms with E-state index in [-0.39, 0.29) is 25.0 Å². The zero-order chi connectivity index (χ0) is 21.3. The lowest BCUT2D eigenvalue weighted by molar-refractivity contribution is -0.115.